The lowest BCUT2D eigenvalue weighted by Gasteiger charge is -2.06. The summed E-state index contributed by atoms with van der Waals surface area (Å²) < 4.78 is 16.2. The zero-order valence-corrected chi connectivity index (χ0v) is 13.5. The molecule has 0 amide bonds. The number of benzene rings is 2. The molecular formula is C19H19NO4. The summed E-state index contributed by atoms with van der Waals surface area (Å²) in [4.78, 5) is 16.4. The van der Waals surface area contributed by atoms with Crippen LogP contribution in [-0.4, -0.2) is 31.1 Å². The lowest BCUT2D eigenvalue weighted by Crippen LogP contribution is -2.22. The molecule has 0 radical (unpaired) electrons. The molecular weight excluding hydrogens is 306 g/mol. The van der Waals surface area contributed by atoms with Crippen LogP contribution < -0.4 is 4.74 Å². The molecule has 1 aliphatic heterocycles. The Morgan fingerprint density at radius 3 is 2.62 bits per heavy atom. The van der Waals surface area contributed by atoms with Gasteiger partial charge in [-0.05, 0) is 36.8 Å². The monoisotopic (exact) mass is 325 g/mol. The van der Waals surface area contributed by atoms with Crippen molar-refractivity contribution in [3.05, 3.63) is 65.7 Å². The number of esters is 1. The quantitative estimate of drug-likeness (QED) is 0.766. The summed E-state index contributed by atoms with van der Waals surface area (Å²) in [6, 6.07) is 16.4. The van der Waals surface area contributed by atoms with Crippen LogP contribution in [0, 0.1) is 0 Å². The summed E-state index contributed by atoms with van der Waals surface area (Å²) in [5.74, 6) is 0.873. The van der Waals surface area contributed by atoms with Gasteiger partial charge in [0.25, 0.3) is 0 Å². The second-order valence-electron chi connectivity index (χ2n) is 5.31. The van der Waals surface area contributed by atoms with E-state index in [-0.39, 0.29) is 19.2 Å². The molecule has 0 unspecified atom stereocenters. The average molecular weight is 325 g/mol. The van der Waals surface area contributed by atoms with Gasteiger partial charge in [0.05, 0.1) is 6.61 Å². The highest BCUT2D eigenvalue weighted by Gasteiger charge is 2.27. The Hall–Kier alpha value is -2.82. The molecule has 1 atom stereocenters. The Kier molecular flexibility index (Phi) is 5.11. The summed E-state index contributed by atoms with van der Waals surface area (Å²) in [7, 11) is 0. The molecule has 2 aromatic rings. The SMILES string of the molecule is CCOc1ccc(C2=N[C@H](C(=O)OCc3ccccc3)CO2)cc1. The van der Waals surface area contributed by atoms with Crippen molar-refractivity contribution in [2.24, 2.45) is 4.99 Å². The lowest BCUT2D eigenvalue weighted by atomic mass is 10.2. The fraction of sp³-hybridized carbons (Fsp3) is 0.263. The molecule has 2 aromatic carbocycles. The van der Waals surface area contributed by atoms with Crippen LogP contribution in [0.5, 0.6) is 5.75 Å². The minimum Gasteiger partial charge on any atom is -0.494 e. The van der Waals surface area contributed by atoms with Gasteiger partial charge in [-0.2, -0.15) is 0 Å². The van der Waals surface area contributed by atoms with Crippen LogP contribution in [0.15, 0.2) is 59.6 Å². The first-order chi connectivity index (χ1) is 11.8. The molecule has 5 heteroatoms. The molecule has 124 valence electrons. The second-order valence-corrected chi connectivity index (χ2v) is 5.31. The van der Waals surface area contributed by atoms with Gasteiger partial charge in [-0.15, -0.1) is 0 Å². The standard InChI is InChI=1S/C19H19NO4/c1-2-22-16-10-8-15(9-11-16)18-20-17(13-23-18)19(21)24-12-14-6-4-3-5-7-14/h3-11,17H,2,12-13H2,1H3/t17-/m0/s1. The van der Waals surface area contributed by atoms with Crippen molar-refractivity contribution in [2.45, 2.75) is 19.6 Å². The topological polar surface area (TPSA) is 57.1 Å². The fourth-order valence-electron chi connectivity index (χ4n) is 2.34. The van der Waals surface area contributed by atoms with Crippen molar-refractivity contribution in [3.8, 4) is 5.75 Å². The van der Waals surface area contributed by atoms with Crippen LogP contribution in [0.1, 0.15) is 18.1 Å². The van der Waals surface area contributed by atoms with Crippen molar-refractivity contribution >= 4 is 11.9 Å². The minimum atomic E-state index is -0.615. The summed E-state index contributed by atoms with van der Waals surface area (Å²) in [6.07, 6.45) is 0. The number of carbonyl (C=O) groups excluding carboxylic acids is 1. The highest BCUT2D eigenvalue weighted by molar-refractivity contribution is 5.97. The molecule has 5 nitrogen and oxygen atoms in total. The van der Waals surface area contributed by atoms with Gasteiger partial charge in [-0.1, -0.05) is 30.3 Å². The van der Waals surface area contributed by atoms with Crippen LogP contribution in [0.25, 0.3) is 0 Å². The number of rotatable bonds is 6. The van der Waals surface area contributed by atoms with Gasteiger partial charge >= 0.3 is 5.97 Å². The van der Waals surface area contributed by atoms with E-state index in [2.05, 4.69) is 4.99 Å². The maximum atomic E-state index is 12.1. The highest BCUT2D eigenvalue weighted by atomic mass is 16.5. The van der Waals surface area contributed by atoms with Gasteiger partial charge in [0.1, 0.15) is 19.0 Å². The van der Waals surface area contributed by atoms with Gasteiger partial charge < -0.3 is 14.2 Å². The highest BCUT2D eigenvalue weighted by Crippen LogP contribution is 2.17. The van der Waals surface area contributed by atoms with Crippen molar-refractivity contribution in [3.63, 3.8) is 0 Å². The predicted molar refractivity (Wildman–Crippen MR) is 90.1 cm³/mol. The van der Waals surface area contributed by atoms with Crippen molar-refractivity contribution < 1.29 is 19.0 Å². The summed E-state index contributed by atoms with van der Waals surface area (Å²) in [6.45, 7) is 3.00. The molecule has 24 heavy (non-hydrogen) atoms. The maximum absolute atomic E-state index is 12.1. The van der Waals surface area contributed by atoms with E-state index in [1.807, 2.05) is 61.5 Å². The molecule has 0 aromatic heterocycles. The third-order valence-corrected chi connectivity index (χ3v) is 3.56. The van der Waals surface area contributed by atoms with Crippen molar-refractivity contribution in [2.75, 3.05) is 13.2 Å². The zero-order chi connectivity index (χ0) is 16.8. The summed E-state index contributed by atoms with van der Waals surface area (Å²) in [5.41, 5.74) is 1.76. The number of hydrogen-bond donors (Lipinski definition) is 0. The van der Waals surface area contributed by atoms with Gasteiger partial charge in [0.2, 0.25) is 5.90 Å². The Labute approximate surface area is 140 Å². The van der Waals surface area contributed by atoms with E-state index in [1.165, 1.54) is 0 Å². The minimum absolute atomic E-state index is 0.205. The van der Waals surface area contributed by atoms with E-state index >= 15 is 0 Å². The summed E-state index contributed by atoms with van der Waals surface area (Å²) >= 11 is 0. The zero-order valence-electron chi connectivity index (χ0n) is 13.5. The van der Waals surface area contributed by atoms with E-state index in [9.17, 15) is 4.79 Å². The number of aliphatic imine (C=N–C) groups is 1. The molecule has 3 rings (SSSR count). The Bertz CT molecular complexity index is 710. The van der Waals surface area contributed by atoms with Crippen LogP contribution in [-0.2, 0) is 20.9 Å². The molecule has 0 N–H and O–H groups in total. The van der Waals surface area contributed by atoms with Crippen LogP contribution in [0.4, 0.5) is 0 Å². The lowest BCUT2D eigenvalue weighted by molar-refractivity contribution is -0.146. The Balaban J connectivity index is 1.59. The Morgan fingerprint density at radius 2 is 1.92 bits per heavy atom. The Morgan fingerprint density at radius 1 is 1.17 bits per heavy atom. The van der Waals surface area contributed by atoms with E-state index in [4.69, 9.17) is 14.2 Å². The molecule has 0 bridgehead atoms. The van der Waals surface area contributed by atoms with Gasteiger partial charge in [-0.25, -0.2) is 9.79 Å². The first-order valence-corrected chi connectivity index (χ1v) is 7.90. The molecule has 0 saturated heterocycles. The van der Waals surface area contributed by atoms with Gasteiger partial charge in [-0.3, -0.25) is 0 Å². The molecule has 0 saturated carbocycles. The van der Waals surface area contributed by atoms with Gasteiger partial charge in [0.15, 0.2) is 6.04 Å². The van der Waals surface area contributed by atoms with E-state index in [0.29, 0.717) is 12.5 Å². The fourth-order valence-corrected chi connectivity index (χ4v) is 2.34. The molecule has 0 spiro atoms. The predicted octanol–water partition coefficient (Wildman–Crippen LogP) is 2.97. The largest absolute Gasteiger partial charge is 0.494 e. The third kappa shape index (κ3) is 3.93. The van der Waals surface area contributed by atoms with E-state index in [0.717, 1.165) is 16.9 Å². The van der Waals surface area contributed by atoms with Crippen molar-refractivity contribution in [1.29, 1.82) is 0 Å². The first-order valence-electron chi connectivity index (χ1n) is 7.90. The number of nitrogens with zero attached hydrogens (tertiary/aromatic N) is 1. The number of carbonyl (C=O) groups is 1. The molecule has 0 aliphatic carbocycles. The maximum Gasteiger partial charge on any atom is 0.334 e. The number of ether oxygens (including phenoxy) is 3. The third-order valence-electron chi connectivity index (χ3n) is 3.56. The first kappa shape index (κ1) is 16.1. The normalized spacial score (nSPS) is 16.2. The second kappa shape index (κ2) is 7.64. The molecule has 1 aliphatic rings. The van der Waals surface area contributed by atoms with Gasteiger partial charge in [0, 0.05) is 5.56 Å². The van der Waals surface area contributed by atoms with E-state index in [1.54, 1.807) is 0 Å². The molecule has 0 fully saturated rings. The van der Waals surface area contributed by atoms with E-state index < -0.39 is 6.04 Å². The smallest absolute Gasteiger partial charge is 0.334 e. The molecule has 1 heterocycles. The van der Waals surface area contributed by atoms with Crippen LogP contribution in [0.3, 0.4) is 0 Å². The average Bonchev–Trinajstić information content (AvgIpc) is 3.12. The summed E-state index contributed by atoms with van der Waals surface area (Å²) in [5, 5.41) is 0. The van der Waals surface area contributed by atoms with Crippen LogP contribution >= 0.6 is 0 Å². The van der Waals surface area contributed by atoms with Crippen LogP contribution in [0.2, 0.25) is 0 Å². The number of hydrogen-bond acceptors (Lipinski definition) is 5. The van der Waals surface area contributed by atoms with Crippen molar-refractivity contribution in [1.82, 2.24) is 0 Å².